The molecule has 1 aromatic rings. The molecule has 0 atom stereocenters. The van der Waals surface area contributed by atoms with Crippen LogP contribution in [-0.2, 0) is 21.0 Å². The van der Waals surface area contributed by atoms with Crippen molar-refractivity contribution in [3.8, 4) is 0 Å². The number of aromatic nitrogens is 2. The number of hydrogen-bond acceptors (Lipinski definition) is 3. The second-order valence-corrected chi connectivity index (χ2v) is 8.55. The van der Waals surface area contributed by atoms with Gasteiger partial charge in [0.15, 0.2) is 0 Å². The van der Waals surface area contributed by atoms with E-state index in [2.05, 4.69) is 5.10 Å². The summed E-state index contributed by atoms with van der Waals surface area (Å²) in [6.07, 6.45) is 0.518. The molecule has 0 radical (unpaired) electrons. The Labute approximate surface area is 118 Å². The Morgan fingerprint density at radius 2 is 1.83 bits per heavy atom. The van der Waals surface area contributed by atoms with E-state index < -0.39 is 14.6 Å². The van der Waals surface area contributed by atoms with Crippen LogP contribution in [0.5, 0.6) is 0 Å². The third-order valence-electron chi connectivity index (χ3n) is 2.34. The van der Waals surface area contributed by atoms with Gasteiger partial charge in [-0.3, -0.25) is 0 Å². The van der Waals surface area contributed by atoms with Gasteiger partial charge in [0.2, 0.25) is 0 Å². The Kier molecular flexibility index (Phi) is 4.41. The fourth-order valence-electron chi connectivity index (χ4n) is 1.63. The average molecular weight is 313 g/mol. The topological polar surface area (TPSA) is 52.0 Å². The highest BCUT2D eigenvalue weighted by Gasteiger charge is 2.30. The van der Waals surface area contributed by atoms with Crippen LogP contribution >= 0.6 is 22.3 Å². The highest BCUT2D eigenvalue weighted by atomic mass is 35.7. The van der Waals surface area contributed by atoms with E-state index in [0.717, 1.165) is 0 Å². The minimum atomic E-state index is -3.89. The molecule has 0 amide bonds. The summed E-state index contributed by atoms with van der Waals surface area (Å²) in [6, 6.07) is 0. The Morgan fingerprint density at radius 1 is 1.33 bits per heavy atom. The molecule has 0 aliphatic rings. The standard InChI is InChI=1S/C11H18Cl2N2O2S/c1-7(2)6-8-9(18(13,16)17)10(12)15(14-8)11(3,4)5/h7H,6H2,1-5H3. The maximum absolute atomic E-state index is 11.6. The van der Waals surface area contributed by atoms with Crippen LogP contribution < -0.4 is 0 Å². The smallest absolute Gasteiger partial charge is 0.247 e. The minimum absolute atomic E-state index is 0.0607. The lowest BCUT2D eigenvalue weighted by Crippen LogP contribution is -2.23. The molecule has 1 rings (SSSR count). The zero-order valence-corrected chi connectivity index (χ0v) is 13.5. The number of nitrogens with zero attached hydrogens (tertiary/aromatic N) is 2. The zero-order chi connectivity index (χ0) is 14.3. The van der Waals surface area contributed by atoms with Crippen LogP contribution in [0.3, 0.4) is 0 Å². The molecule has 104 valence electrons. The quantitative estimate of drug-likeness (QED) is 0.804. The summed E-state index contributed by atoms with van der Waals surface area (Å²) >= 11 is 6.12. The molecule has 1 heterocycles. The molecular weight excluding hydrogens is 295 g/mol. The highest BCUT2D eigenvalue weighted by molar-refractivity contribution is 8.13. The second kappa shape index (κ2) is 5.02. The maximum Gasteiger partial charge on any atom is 0.266 e. The Morgan fingerprint density at radius 3 is 2.17 bits per heavy atom. The summed E-state index contributed by atoms with van der Waals surface area (Å²) in [5.74, 6) is 0.265. The summed E-state index contributed by atoms with van der Waals surface area (Å²) in [4.78, 5) is -0.0607. The van der Waals surface area contributed by atoms with Crippen LogP contribution in [0.25, 0.3) is 0 Å². The SMILES string of the molecule is CC(C)Cc1nn(C(C)(C)C)c(Cl)c1S(=O)(=O)Cl. The molecule has 0 fully saturated rings. The Hall–Kier alpha value is -0.260. The van der Waals surface area contributed by atoms with Gasteiger partial charge in [-0.25, -0.2) is 13.1 Å². The van der Waals surface area contributed by atoms with Gasteiger partial charge in [0, 0.05) is 10.7 Å². The lowest BCUT2D eigenvalue weighted by Gasteiger charge is -2.20. The van der Waals surface area contributed by atoms with Gasteiger partial charge in [-0.1, -0.05) is 25.4 Å². The zero-order valence-electron chi connectivity index (χ0n) is 11.2. The van der Waals surface area contributed by atoms with Gasteiger partial charge in [-0.05, 0) is 33.1 Å². The van der Waals surface area contributed by atoms with Crippen molar-refractivity contribution in [2.45, 2.75) is 51.5 Å². The van der Waals surface area contributed by atoms with Crippen LogP contribution in [0, 0.1) is 5.92 Å². The van der Waals surface area contributed by atoms with E-state index in [1.54, 1.807) is 0 Å². The summed E-state index contributed by atoms with van der Waals surface area (Å²) in [7, 11) is 1.56. The normalized spacial score (nSPS) is 13.3. The van der Waals surface area contributed by atoms with E-state index in [9.17, 15) is 8.42 Å². The second-order valence-electron chi connectivity index (χ2n) is 5.69. The Balaban J connectivity index is 3.52. The van der Waals surface area contributed by atoms with Gasteiger partial charge in [0.25, 0.3) is 9.05 Å². The van der Waals surface area contributed by atoms with Gasteiger partial charge < -0.3 is 0 Å². The molecule has 7 heteroatoms. The lowest BCUT2D eigenvalue weighted by atomic mass is 10.1. The van der Waals surface area contributed by atoms with E-state index in [4.69, 9.17) is 22.3 Å². The van der Waals surface area contributed by atoms with Crippen LogP contribution in [0.15, 0.2) is 4.90 Å². The van der Waals surface area contributed by atoms with Crippen LogP contribution in [0.2, 0.25) is 5.15 Å². The van der Waals surface area contributed by atoms with Crippen molar-refractivity contribution in [1.29, 1.82) is 0 Å². The molecule has 0 aromatic carbocycles. The molecule has 0 unspecified atom stereocenters. The molecule has 0 saturated carbocycles. The first-order valence-electron chi connectivity index (χ1n) is 5.67. The van der Waals surface area contributed by atoms with E-state index in [1.807, 2.05) is 34.6 Å². The summed E-state index contributed by atoms with van der Waals surface area (Å²) < 4.78 is 24.7. The third-order valence-corrected chi connectivity index (χ3v) is 4.18. The molecule has 0 saturated heterocycles. The van der Waals surface area contributed by atoms with Crippen molar-refractivity contribution < 1.29 is 8.42 Å². The van der Waals surface area contributed by atoms with Crippen molar-refractivity contribution in [2.75, 3.05) is 0 Å². The van der Waals surface area contributed by atoms with Crippen LogP contribution in [-0.4, -0.2) is 18.2 Å². The minimum Gasteiger partial charge on any atom is -0.247 e. The van der Waals surface area contributed by atoms with Gasteiger partial charge in [-0.2, -0.15) is 5.10 Å². The van der Waals surface area contributed by atoms with E-state index in [0.29, 0.717) is 12.1 Å². The molecule has 0 bridgehead atoms. The number of halogens is 2. The van der Waals surface area contributed by atoms with Crippen molar-refractivity contribution in [1.82, 2.24) is 9.78 Å². The van der Waals surface area contributed by atoms with Crippen molar-refractivity contribution >= 4 is 31.3 Å². The predicted molar refractivity (Wildman–Crippen MR) is 73.8 cm³/mol. The third kappa shape index (κ3) is 3.39. The molecule has 0 N–H and O–H groups in total. The molecule has 0 aliphatic heterocycles. The molecule has 0 aliphatic carbocycles. The monoisotopic (exact) mass is 312 g/mol. The summed E-state index contributed by atoms with van der Waals surface area (Å²) in [6.45, 7) is 9.66. The first kappa shape index (κ1) is 15.8. The van der Waals surface area contributed by atoms with Gasteiger partial charge in [0.1, 0.15) is 10.0 Å². The first-order valence-corrected chi connectivity index (χ1v) is 8.36. The van der Waals surface area contributed by atoms with Crippen LogP contribution in [0.1, 0.15) is 40.3 Å². The maximum atomic E-state index is 11.6. The molecule has 4 nitrogen and oxygen atoms in total. The summed E-state index contributed by atoms with van der Waals surface area (Å²) in [5.41, 5.74) is 0.0303. The molecule has 18 heavy (non-hydrogen) atoms. The van der Waals surface area contributed by atoms with E-state index >= 15 is 0 Å². The van der Waals surface area contributed by atoms with Crippen molar-refractivity contribution in [3.63, 3.8) is 0 Å². The first-order chi connectivity index (χ1) is 7.94. The van der Waals surface area contributed by atoms with Crippen molar-refractivity contribution in [3.05, 3.63) is 10.8 Å². The predicted octanol–water partition coefficient (Wildman–Crippen LogP) is 3.42. The molecule has 1 aromatic heterocycles. The van der Waals surface area contributed by atoms with Crippen LogP contribution in [0.4, 0.5) is 0 Å². The highest BCUT2D eigenvalue weighted by Crippen LogP contribution is 2.33. The van der Waals surface area contributed by atoms with Gasteiger partial charge in [0.05, 0.1) is 11.2 Å². The fourth-order valence-corrected chi connectivity index (χ4v) is 3.63. The Bertz CT molecular complexity index is 542. The number of rotatable bonds is 3. The largest absolute Gasteiger partial charge is 0.266 e. The van der Waals surface area contributed by atoms with Gasteiger partial charge >= 0.3 is 0 Å². The van der Waals surface area contributed by atoms with E-state index in [1.165, 1.54) is 4.68 Å². The number of hydrogen-bond donors (Lipinski definition) is 0. The molecular formula is C11H18Cl2N2O2S. The average Bonchev–Trinajstić information content (AvgIpc) is 2.39. The van der Waals surface area contributed by atoms with Crippen molar-refractivity contribution in [2.24, 2.45) is 5.92 Å². The summed E-state index contributed by atoms with van der Waals surface area (Å²) in [5, 5.41) is 4.39. The fraction of sp³-hybridized carbons (Fsp3) is 0.727. The lowest BCUT2D eigenvalue weighted by molar-refractivity contribution is 0.352. The molecule has 0 spiro atoms. The van der Waals surface area contributed by atoms with Gasteiger partial charge in [-0.15, -0.1) is 0 Å². The van der Waals surface area contributed by atoms with E-state index in [-0.39, 0.29) is 16.0 Å².